The summed E-state index contributed by atoms with van der Waals surface area (Å²) in [5, 5.41) is 13.6. The van der Waals surface area contributed by atoms with Crippen LogP contribution in [0.1, 0.15) is 34.5 Å². The lowest BCUT2D eigenvalue weighted by Crippen LogP contribution is -2.11. The van der Waals surface area contributed by atoms with Gasteiger partial charge in [0.25, 0.3) is 5.91 Å². The van der Waals surface area contributed by atoms with Crippen LogP contribution >= 0.6 is 34.5 Å². The van der Waals surface area contributed by atoms with Crippen molar-refractivity contribution < 1.29 is 9.53 Å². The maximum atomic E-state index is 12.4. The predicted octanol–water partition coefficient (Wildman–Crippen LogP) is 5.90. The van der Waals surface area contributed by atoms with Gasteiger partial charge in [0.1, 0.15) is 12.4 Å². The molecule has 0 unspecified atom stereocenters. The summed E-state index contributed by atoms with van der Waals surface area (Å²) in [6, 6.07) is 12.8. The Morgan fingerprint density at radius 2 is 1.94 bits per heavy atom. The van der Waals surface area contributed by atoms with E-state index in [1.165, 1.54) is 23.0 Å². The molecule has 4 rings (SSSR count). The fourth-order valence-electron chi connectivity index (χ4n) is 3.10. The number of hydrogen-bond donors (Lipinski definition) is 1. The third-order valence-electron chi connectivity index (χ3n) is 4.84. The van der Waals surface area contributed by atoms with Crippen molar-refractivity contribution in [1.82, 2.24) is 20.0 Å². The van der Waals surface area contributed by atoms with Crippen molar-refractivity contribution in [2.45, 2.75) is 32.4 Å². The topological polar surface area (TPSA) is 81.9 Å². The molecule has 10 heteroatoms. The number of hydrogen-bond acceptors (Lipinski definition) is 6. The molecule has 170 valence electrons. The number of amides is 1. The van der Waals surface area contributed by atoms with Gasteiger partial charge in [-0.2, -0.15) is 0 Å². The molecule has 0 aliphatic rings. The standard InChI is InChI=1S/C23H21Cl2N5O2S/c24-20-9-6-17(13-21(20)25)22(31)28-23-27-18(15-33-23)14-32-19-7-4-16(5-8-19)3-1-2-11-30-12-10-26-29-30/h4-10,12-13,15H,1-3,11,14H2,(H,27,28,31). The first kappa shape index (κ1) is 23.2. The van der Waals surface area contributed by atoms with E-state index in [4.69, 9.17) is 27.9 Å². The van der Waals surface area contributed by atoms with Gasteiger partial charge in [-0.1, -0.05) is 40.5 Å². The largest absolute Gasteiger partial charge is 0.487 e. The number of rotatable bonds is 10. The van der Waals surface area contributed by atoms with Gasteiger partial charge in [-0.15, -0.1) is 16.4 Å². The van der Waals surface area contributed by atoms with E-state index in [1.54, 1.807) is 18.3 Å². The molecule has 0 bridgehead atoms. The van der Waals surface area contributed by atoms with Gasteiger partial charge >= 0.3 is 0 Å². The lowest BCUT2D eigenvalue weighted by atomic mass is 10.1. The second kappa shape index (κ2) is 11.3. The highest BCUT2D eigenvalue weighted by molar-refractivity contribution is 7.14. The first-order chi connectivity index (χ1) is 16.1. The molecule has 2 heterocycles. The van der Waals surface area contributed by atoms with Crippen LogP contribution in [0.3, 0.4) is 0 Å². The number of carbonyl (C=O) groups is 1. The van der Waals surface area contributed by atoms with Gasteiger partial charge in [0.15, 0.2) is 5.13 Å². The molecule has 0 aliphatic carbocycles. The number of carbonyl (C=O) groups excluding carboxylic acids is 1. The minimum Gasteiger partial charge on any atom is -0.487 e. The van der Waals surface area contributed by atoms with E-state index in [-0.39, 0.29) is 5.91 Å². The molecule has 33 heavy (non-hydrogen) atoms. The monoisotopic (exact) mass is 501 g/mol. The molecular formula is C23H21Cl2N5O2S. The van der Waals surface area contributed by atoms with E-state index in [9.17, 15) is 4.79 Å². The Kier molecular flexibility index (Phi) is 7.93. The number of halogens is 2. The summed E-state index contributed by atoms with van der Waals surface area (Å²) in [7, 11) is 0. The van der Waals surface area contributed by atoms with Crippen LogP contribution in [0.2, 0.25) is 10.0 Å². The molecule has 0 fully saturated rings. The molecule has 7 nitrogen and oxygen atoms in total. The minimum atomic E-state index is -0.299. The van der Waals surface area contributed by atoms with Crippen LogP contribution in [0.15, 0.2) is 60.2 Å². The second-order valence-corrected chi connectivity index (χ2v) is 8.96. The fraction of sp³-hybridized carbons (Fsp3) is 0.217. The average Bonchev–Trinajstić information content (AvgIpc) is 3.50. The highest BCUT2D eigenvalue weighted by Gasteiger charge is 2.11. The summed E-state index contributed by atoms with van der Waals surface area (Å²) in [5.41, 5.74) is 2.42. The van der Waals surface area contributed by atoms with E-state index >= 15 is 0 Å². The van der Waals surface area contributed by atoms with Crippen LogP contribution in [0.25, 0.3) is 0 Å². The Bertz CT molecular complexity index is 1200. The number of aryl methyl sites for hydroxylation is 2. The first-order valence-electron chi connectivity index (χ1n) is 10.3. The van der Waals surface area contributed by atoms with E-state index in [2.05, 4.69) is 32.7 Å². The van der Waals surface area contributed by atoms with Crippen molar-refractivity contribution in [1.29, 1.82) is 0 Å². The van der Waals surface area contributed by atoms with Crippen LogP contribution in [0, 0.1) is 0 Å². The molecule has 0 aliphatic heterocycles. The SMILES string of the molecule is O=C(Nc1nc(COc2ccc(CCCCn3ccnn3)cc2)cs1)c1ccc(Cl)c(Cl)c1. The van der Waals surface area contributed by atoms with Gasteiger partial charge in [-0.05, 0) is 55.2 Å². The van der Waals surface area contributed by atoms with Crippen molar-refractivity contribution in [3.8, 4) is 5.75 Å². The summed E-state index contributed by atoms with van der Waals surface area (Å²) >= 11 is 13.2. The van der Waals surface area contributed by atoms with Crippen LogP contribution in [0.4, 0.5) is 5.13 Å². The first-order valence-corrected chi connectivity index (χ1v) is 12.0. The summed E-state index contributed by atoms with van der Waals surface area (Å²) in [5.74, 6) is 0.475. The van der Waals surface area contributed by atoms with E-state index in [1.807, 2.05) is 28.4 Å². The highest BCUT2D eigenvalue weighted by atomic mass is 35.5. The van der Waals surface area contributed by atoms with E-state index in [0.29, 0.717) is 27.3 Å². The predicted molar refractivity (Wildman–Crippen MR) is 130 cm³/mol. The molecule has 0 saturated carbocycles. The molecular weight excluding hydrogens is 481 g/mol. The molecule has 1 amide bonds. The van der Waals surface area contributed by atoms with Crippen molar-refractivity contribution in [3.05, 3.63) is 87.1 Å². The average molecular weight is 502 g/mol. The Morgan fingerprint density at radius 3 is 2.70 bits per heavy atom. The zero-order valence-corrected chi connectivity index (χ0v) is 19.9. The number of aromatic nitrogens is 4. The third-order valence-corrected chi connectivity index (χ3v) is 6.38. The summed E-state index contributed by atoms with van der Waals surface area (Å²) in [6.07, 6.45) is 6.70. The maximum Gasteiger partial charge on any atom is 0.257 e. The number of unbranched alkanes of at least 4 members (excludes halogenated alkanes) is 1. The van der Waals surface area contributed by atoms with Crippen LogP contribution in [-0.4, -0.2) is 25.9 Å². The van der Waals surface area contributed by atoms with Crippen LogP contribution < -0.4 is 10.1 Å². The second-order valence-electron chi connectivity index (χ2n) is 7.28. The molecule has 4 aromatic rings. The Balaban J connectivity index is 1.21. The Morgan fingerprint density at radius 1 is 1.09 bits per heavy atom. The van der Waals surface area contributed by atoms with E-state index < -0.39 is 0 Å². The molecule has 0 atom stereocenters. The molecule has 0 radical (unpaired) electrons. The third kappa shape index (κ3) is 6.77. The number of nitrogens with zero attached hydrogens (tertiary/aromatic N) is 4. The number of benzene rings is 2. The zero-order chi connectivity index (χ0) is 23.0. The summed E-state index contributed by atoms with van der Waals surface area (Å²) in [4.78, 5) is 16.8. The maximum absolute atomic E-state index is 12.4. The quantitative estimate of drug-likeness (QED) is 0.273. The number of ether oxygens (including phenoxy) is 1. The summed E-state index contributed by atoms with van der Waals surface area (Å²) < 4.78 is 7.68. The molecule has 1 N–H and O–H groups in total. The Labute approximate surface area is 205 Å². The van der Waals surface area contributed by atoms with Gasteiger partial charge in [-0.3, -0.25) is 14.8 Å². The van der Waals surface area contributed by atoms with Crippen molar-refractivity contribution in [3.63, 3.8) is 0 Å². The van der Waals surface area contributed by atoms with Gasteiger partial charge in [0.2, 0.25) is 0 Å². The molecule has 0 saturated heterocycles. The van der Waals surface area contributed by atoms with Gasteiger partial charge < -0.3 is 4.74 Å². The Hall–Kier alpha value is -2.94. The number of thiazole rings is 1. The van der Waals surface area contributed by atoms with Crippen LogP contribution in [0.5, 0.6) is 5.75 Å². The molecule has 0 spiro atoms. The van der Waals surface area contributed by atoms with Crippen LogP contribution in [-0.2, 0) is 19.6 Å². The van der Waals surface area contributed by atoms with Crippen molar-refractivity contribution >= 4 is 45.6 Å². The fourth-order valence-corrected chi connectivity index (χ4v) is 4.09. The smallest absolute Gasteiger partial charge is 0.257 e. The van der Waals surface area contributed by atoms with Gasteiger partial charge in [0.05, 0.1) is 21.9 Å². The molecule has 2 aromatic carbocycles. The van der Waals surface area contributed by atoms with E-state index in [0.717, 1.165) is 37.3 Å². The number of anilines is 1. The van der Waals surface area contributed by atoms with Gasteiger partial charge in [0, 0.05) is 23.7 Å². The van der Waals surface area contributed by atoms with Gasteiger partial charge in [-0.25, -0.2) is 4.98 Å². The lowest BCUT2D eigenvalue weighted by molar-refractivity contribution is 0.102. The van der Waals surface area contributed by atoms with Crippen molar-refractivity contribution in [2.24, 2.45) is 0 Å². The highest BCUT2D eigenvalue weighted by Crippen LogP contribution is 2.24. The molecule has 2 aromatic heterocycles. The zero-order valence-electron chi connectivity index (χ0n) is 17.6. The normalized spacial score (nSPS) is 10.8. The minimum absolute atomic E-state index is 0.299. The number of nitrogens with one attached hydrogen (secondary N) is 1. The lowest BCUT2D eigenvalue weighted by Gasteiger charge is -2.06. The van der Waals surface area contributed by atoms with Crippen molar-refractivity contribution in [2.75, 3.05) is 5.32 Å². The summed E-state index contributed by atoms with van der Waals surface area (Å²) in [6.45, 7) is 1.20.